The Balaban J connectivity index is 2.21. The molecular weight excluding hydrogens is 383 g/mol. The van der Waals surface area contributed by atoms with Crippen molar-refractivity contribution in [2.75, 3.05) is 0 Å². The lowest BCUT2D eigenvalue weighted by Crippen LogP contribution is -2.23. The van der Waals surface area contributed by atoms with Crippen LogP contribution in [0.3, 0.4) is 0 Å². The monoisotopic (exact) mass is 413 g/mol. The summed E-state index contributed by atoms with van der Waals surface area (Å²) < 4.78 is 39.0. The molecule has 0 aromatic heterocycles. The second-order valence-corrected chi connectivity index (χ2v) is 9.19. The fourth-order valence-corrected chi connectivity index (χ4v) is 5.04. The summed E-state index contributed by atoms with van der Waals surface area (Å²) in [6, 6.07) is 12.5. The maximum absolute atomic E-state index is 13.0. The lowest BCUT2D eigenvalue weighted by Gasteiger charge is -2.26. The number of alkyl halides is 3. The average Bonchev–Trinajstić information content (AvgIpc) is 3.21. The Morgan fingerprint density at radius 2 is 1.60 bits per heavy atom. The molecule has 3 rings (SSSR count). The fourth-order valence-electron chi connectivity index (χ4n) is 5.04. The summed E-state index contributed by atoms with van der Waals surface area (Å²) in [5, 5.41) is 2.29. The van der Waals surface area contributed by atoms with Crippen molar-refractivity contribution >= 4 is 17.0 Å². The highest BCUT2D eigenvalue weighted by atomic mass is 19.4. The largest absolute Gasteiger partial charge is 0.417 e. The molecular formula is C26H30F3N. The maximum atomic E-state index is 13.0. The van der Waals surface area contributed by atoms with Gasteiger partial charge in [-0.05, 0) is 45.7 Å². The van der Waals surface area contributed by atoms with Gasteiger partial charge in [-0.1, -0.05) is 84.2 Å². The predicted octanol–water partition coefficient (Wildman–Crippen LogP) is 7.69. The summed E-state index contributed by atoms with van der Waals surface area (Å²) in [7, 11) is 0. The molecule has 0 radical (unpaired) electrons. The van der Waals surface area contributed by atoms with Crippen LogP contribution in [0.15, 0.2) is 65.7 Å². The van der Waals surface area contributed by atoms with Gasteiger partial charge in [0.25, 0.3) is 0 Å². The molecule has 0 saturated heterocycles. The first-order chi connectivity index (χ1) is 13.9. The molecule has 0 spiro atoms. The third-order valence-corrected chi connectivity index (χ3v) is 6.70. The van der Waals surface area contributed by atoms with E-state index in [0.29, 0.717) is 12.8 Å². The molecule has 1 saturated carbocycles. The predicted molar refractivity (Wildman–Crippen MR) is 120 cm³/mol. The van der Waals surface area contributed by atoms with Gasteiger partial charge in [-0.25, -0.2) is 0 Å². The molecule has 0 amide bonds. The topological polar surface area (TPSA) is 12.4 Å². The van der Waals surface area contributed by atoms with Crippen molar-refractivity contribution in [1.82, 2.24) is 0 Å². The second kappa shape index (κ2) is 7.11. The van der Waals surface area contributed by atoms with E-state index < -0.39 is 22.7 Å². The molecule has 30 heavy (non-hydrogen) atoms. The van der Waals surface area contributed by atoms with Gasteiger partial charge in [-0.3, -0.25) is 4.99 Å². The summed E-state index contributed by atoms with van der Waals surface area (Å²) in [5.41, 5.74) is 1.02. The number of aliphatic imine (C=N–C) groups is 1. The van der Waals surface area contributed by atoms with E-state index in [4.69, 9.17) is 0 Å². The van der Waals surface area contributed by atoms with Crippen LogP contribution in [0, 0.1) is 0 Å². The van der Waals surface area contributed by atoms with Crippen LogP contribution in [0.25, 0.3) is 10.8 Å². The fraction of sp³-hybridized carbons (Fsp3) is 0.423. The molecule has 2 atom stereocenters. The molecule has 0 N–H and O–H groups in total. The van der Waals surface area contributed by atoms with E-state index in [9.17, 15) is 13.2 Å². The first kappa shape index (κ1) is 22.3. The van der Waals surface area contributed by atoms with Crippen LogP contribution in [0.1, 0.15) is 58.6 Å². The SMILES string of the molecule is C=C(C=NC1(CC)C(=C)C1(CC)c1ccc(C(C)(C)C)c2ccccc12)C(F)(F)F. The normalized spacial score (nSPS) is 24.6. The highest BCUT2D eigenvalue weighted by molar-refractivity contribution is 5.93. The zero-order valence-electron chi connectivity index (χ0n) is 18.5. The molecule has 1 nitrogen and oxygen atoms in total. The van der Waals surface area contributed by atoms with Crippen molar-refractivity contribution < 1.29 is 13.2 Å². The Hall–Kier alpha value is -2.36. The summed E-state index contributed by atoms with van der Waals surface area (Å²) in [6.07, 6.45) is -2.30. The number of benzene rings is 2. The van der Waals surface area contributed by atoms with E-state index in [1.54, 1.807) is 0 Å². The van der Waals surface area contributed by atoms with Gasteiger partial charge < -0.3 is 0 Å². The Morgan fingerprint density at radius 1 is 1.00 bits per heavy atom. The van der Waals surface area contributed by atoms with E-state index in [0.717, 1.165) is 22.7 Å². The molecule has 0 bridgehead atoms. The van der Waals surface area contributed by atoms with Crippen molar-refractivity contribution in [3.63, 3.8) is 0 Å². The van der Waals surface area contributed by atoms with Crippen LogP contribution in [0.2, 0.25) is 0 Å². The highest BCUT2D eigenvalue weighted by Gasteiger charge is 2.70. The van der Waals surface area contributed by atoms with Gasteiger partial charge in [-0.15, -0.1) is 0 Å². The summed E-state index contributed by atoms with van der Waals surface area (Å²) >= 11 is 0. The number of allylic oxidation sites excluding steroid dienone is 1. The minimum absolute atomic E-state index is 0.0253. The zero-order chi connectivity index (χ0) is 22.5. The van der Waals surface area contributed by atoms with Crippen molar-refractivity contribution in [3.05, 3.63) is 71.8 Å². The number of fused-ring (bicyclic) bond motifs is 1. The molecule has 2 aromatic carbocycles. The Labute approximate surface area is 177 Å². The minimum atomic E-state index is -4.48. The van der Waals surface area contributed by atoms with Crippen LogP contribution in [0.4, 0.5) is 13.2 Å². The lowest BCUT2D eigenvalue weighted by atomic mass is 9.78. The van der Waals surface area contributed by atoms with Gasteiger partial charge >= 0.3 is 6.18 Å². The first-order valence-electron chi connectivity index (χ1n) is 10.4. The number of rotatable bonds is 5. The molecule has 160 valence electrons. The van der Waals surface area contributed by atoms with Crippen LogP contribution in [-0.2, 0) is 10.8 Å². The van der Waals surface area contributed by atoms with E-state index >= 15 is 0 Å². The van der Waals surface area contributed by atoms with Gasteiger partial charge in [0, 0.05) is 11.6 Å². The van der Waals surface area contributed by atoms with Gasteiger partial charge in [0.2, 0.25) is 0 Å². The first-order valence-corrected chi connectivity index (χ1v) is 10.4. The number of halogens is 3. The quantitative estimate of drug-likeness (QED) is 0.352. The van der Waals surface area contributed by atoms with E-state index in [1.807, 2.05) is 19.1 Å². The Morgan fingerprint density at radius 3 is 2.10 bits per heavy atom. The lowest BCUT2D eigenvalue weighted by molar-refractivity contribution is -0.0852. The van der Waals surface area contributed by atoms with Crippen molar-refractivity contribution in [1.29, 1.82) is 0 Å². The summed E-state index contributed by atoms with van der Waals surface area (Å²) in [4.78, 5) is 4.47. The average molecular weight is 414 g/mol. The number of hydrogen-bond acceptors (Lipinski definition) is 1. The van der Waals surface area contributed by atoms with Crippen LogP contribution < -0.4 is 0 Å². The van der Waals surface area contributed by atoms with Gasteiger partial charge in [0.05, 0.1) is 11.1 Å². The van der Waals surface area contributed by atoms with Gasteiger partial charge in [-0.2, -0.15) is 13.2 Å². The number of nitrogens with zero attached hydrogens (tertiary/aromatic N) is 1. The van der Waals surface area contributed by atoms with E-state index in [2.05, 4.69) is 70.1 Å². The molecule has 4 heteroatoms. The van der Waals surface area contributed by atoms with Crippen molar-refractivity contribution in [2.45, 2.75) is 70.0 Å². The van der Waals surface area contributed by atoms with E-state index in [1.165, 1.54) is 10.9 Å². The van der Waals surface area contributed by atoms with Gasteiger partial charge in [0.1, 0.15) is 0 Å². The van der Waals surface area contributed by atoms with Crippen molar-refractivity contribution in [2.24, 2.45) is 4.99 Å². The molecule has 1 aliphatic carbocycles. The van der Waals surface area contributed by atoms with Crippen LogP contribution in [-0.4, -0.2) is 17.9 Å². The van der Waals surface area contributed by atoms with Crippen LogP contribution in [0.5, 0.6) is 0 Å². The van der Waals surface area contributed by atoms with Crippen molar-refractivity contribution in [3.8, 4) is 0 Å². The number of hydrogen-bond donors (Lipinski definition) is 0. The maximum Gasteiger partial charge on any atom is 0.417 e. The summed E-state index contributed by atoms with van der Waals surface area (Å²) in [5.74, 6) is 0. The molecule has 1 aliphatic rings. The molecule has 1 fully saturated rings. The third-order valence-electron chi connectivity index (χ3n) is 6.70. The molecule has 2 unspecified atom stereocenters. The summed E-state index contributed by atoms with van der Waals surface area (Å²) in [6.45, 7) is 18.0. The highest BCUT2D eigenvalue weighted by Crippen LogP contribution is 2.69. The Bertz CT molecular complexity index is 1040. The molecule has 0 aliphatic heterocycles. The van der Waals surface area contributed by atoms with E-state index in [-0.39, 0.29) is 5.41 Å². The second-order valence-electron chi connectivity index (χ2n) is 9.19. The van der Waals surface area contributed by atoms with Gasteiger partial charge in [0.15, 0.2) is 0 Å². The third kappa shape index (κ3) is 3.12. The Kier molecular flexibility index (Phi) is 5.29. The minimum Gasteiger partial charge on any atom is -0.280 e. The molecule has 2 aromatic rings. The smallest absolute Gasteiger partial charge is 0.280 e. The van der Waals surface area contributed by atoms with Crippen LogP contribution >= 0.6 is 0 Å². The zero-order valence-corrected chi connectivity index (χ0v) is 18.5. The molecule has 0 heterocycles. The standard InChI is InChI=1S/C26H30F3N/c1-8-24(18(4)25(24,9-2)30-16-17(3)26(27,28)29)22-15-14-21(23(5,6)7)19-12-10-11-13-20(19)22/h10-16H,3-4,8-9H2,1-2,5-7H3.